The van der Waals surface area contributed by atoms with Gasteiger partial charge in [-0.25, -0.2) is 8.96 Å². The number of benzene rings is 3. The molecule has 3 aromatic carbocycles. The van der Waals surface area contributed by atoms with Crippen LogP contribution in [0.1, 0.15) is 27.4 Å². The van der Waals surface area contributed by atoms with Gasteiger partial charge in [-0.3, -0.25) is 4.79 Å². The maximum absolute atomic E-state index is 13.1. The minimum Gasteiger partial charge on any atom is -0.421 e. The minimum absolute atomic E-state index is 0.00936. The molecule has 0 aliphatic heterocycles. The molecule has 29 heavy (non-hydrogen) atoms. The fourth-order valence-electron chi connectivity index (χ4n) is 2.99. The van der Waals surface area contributed by atoms with Crippen LogP contribution in [0.2, 0.25) is 0 Å². The molecule has 3 rings (SSSR count). The first-order valence-electron chi connectivity index (χ1n) is 8.93. The number of carbonyl (C=O) groups excluding carboxylic acids is 1. The Bertz CT molecular complexity index is 971. The van der Waals surface area contributed by atoms with E-state index in [1.54, 1.807) is 24.3 Å². The van der Waals surface area contributed by atoms with Crippen LogP contribution in [0.25, 0.3) is 0 Å². The highest BCUT2D eigenvalue weighted by atomic mass is 31.2. The molecule has 0 N–H and O–H groups in total. The zero-order chi connectivity index (χ0) is 20.7. The number of rotatable bonds is 9. The van der Waals surface area contributed by atoms with Crippen LogP contribution in [0.15, 0.2) is 84.9 Å². The molecule has 0 spiro atoms. The van der Waals surface area contributed by atoms with Crippen molar-refractivity contribution in [2.24, 2.45) is 0 Å². The van der Waals surface area contributed by atoms with Gasteiger partial charge in [0.05, 0.1) is 5.92 Å². The molecule has 3 aromatic rings. The molecule has 0 saturated carbocycles. The summed E-state index contributed by atoms with van der Waals surface area (Å²) in [7, 11) is -4.44. The van der Waals surface area contributed by atoms with Crippen molar-refractivity contribution in [2.75, 3.05) is 6.42 Å². The van der Waals surface area contributed by atoms with E-state index in [0.29, 0.717) is 12.0 Å². The number of carbonyl (C=O) groups is 1. The molecule has 0 saturated heterocycles. The quantitative estimate of drug-likeness (QED) is 0.304. The molecule has 0 radical (unpaired) electrons. The molecule has 4 nitrogen and oxygen atoms in total. The zero-order valence-electron chi connectivity index (χ0n) is 15.4. The summed E-state index contributed by atoms with van der Waals surface area (Å²) in [6.07, 6.45) is -1.16. The van der Waals surface area contributed by atoms with Gasteiger partial charge >= 0.3 is 7.60 Å². The first-order valence-corrected chi connectivity index (χ1v) is 10.7. The molecule has 0 fully saturated rings. The van der Waals surface area contributed by atoms with Gasteiger partial charge in [0.15, 0.2) is 5.78 Å². The second-order valence-electron chi connectivity index (χ2n) is 6.43. The van der Waals surface area contributed by atoms with E-state index in [1.807, 2.05) is 48.5 Å². The highest BCUT2D eigenvalue weighted by Gasteiger charge is 2.28. The maximum Gasteiger partial charge on any atom is 0.441 e. The molecule has 2 atom stereocenters. The largest absolute Gasteiger partial charge is 0.441 e. The standard InChI is InChI=1S/C22H19F2O4P/c23-16-29(26,28-24)27-20-13-11-17(12-14-20)15-21(18-7-3-1-4-8-18)22(25)19-9-5-2-6-10-19/h1-14,21H,15-16H2. The van der Waals surface area contributed by atoms with E-state index in [-0.39, 0.29) is 11.5 Å². The molecule has 7 heteroatoms. The summed E-state index contributed by atoms with van der Waals surface area (Å²) in [6.45, 7) is 0. The van der Waals surface area contributed by atoms with Crippen molar-refractivity contribution in [3.63, 3.8) is 0 Å². The lowest BCUT2D eigenvalue weighted by molar-refractivity contribution is -0.0190. The van der Waals surface area contributed by atoms with Crippen molar-refractivity contribution in [3.8, 4) is 5.75 Å². The Hall–Kier alpha value is -2.82. The van der Waals surface area contributed by atoms with Crippen molar-refractivity contribution in [1.82, 2.24) is 0 Å². The third-order valence-electron chi connectivity index (χ3n) is 4.44. The van der Waals surface area contributed by atoms with E-state index >= 15 is 0 Å². The first-order chi connectivity index (χ1) is 14.0. The summed E-state index contributed by atoms with van der Waals surface area (Å²) in [4.78, 5) is 13.1. The van der Waals surface area contributed by atoms with E-state index < -0.39 is 19.9 Å². The third-order valence-corrected chi connectivity index (χ3v) is 5.43. The smallest absolute Gasteiger partial charge is 0.421 e. The predicted octanol–water partition coefficient (Wildman–Crippen LogP) is 6.30. The molecule has 0 aliphatic carbocycles. The number of alkyl halides is 1. The van der Waals surface area contributed by atoms with E-state index in [2.05, 4.69) is 4.73 Å². The van der Waals surface area contributed by atoms with Crippen LogP contribution in [0.5, 0.6) is 5.75 Å². The van der Waals surface area contributed by atoms with Crippen LogP contribution in [-0.2, 0) is 15.7 Å². The van der Waals surface area contributed by atoms with Gasteiger partial charge in [-0.15, -0.1) is 0 Å². The molecule has 2 unspecified atom stereocenters. The third kappa shape index (κ3) is 5.37. The molecular formula is C22H19F2O4P. The number of ketones is 1. The topological polar surface area (TPSA) is 52.6 Å². The monoisotopic (exact) mass is 416 g/mol. The Labute approximate surface area is 167 Å². The fourth-order valence-corrected chi connectivity index (χ4v) is 3.55. The average molecular weight is 416 g/mol. The highest BCUT2D eigenvalue weighted by molar-refractivity contribution is 7.53. The normalized spacial score (nSPS) is 14.0. The van der Waals surface area contributed by atoms with Gasteiger partial charge in [0.1, 0.15) is 5.75 Å². The van der Waals surface area contributed by atoms with Crippen LogP contribution in [0, 0.1) is 0 Å². The van der Waals surface area contributed by atoms with Crippen molar-refractivity contribution in [3.05, 3.63) is 102 Å². The van der Waals surface area contributed by atoms with Crippen molar-refractivity contribution in [2.45, 2.75) is 12.3 Å². The lowest BCUT2D eigenvalue weighted by Gasteiger charge is -2.17. The summed E-state index contributed by atoms with van der Waals surface area (Å²) >= 11 is 0. The predicted molar refractivity (Wildman–Crippen MR) is 107 cm³/mol. The molecule has 0 aliphatic rings. The molecule has 0 heterocycles. The Kier molecular flexibility index (Phi) is 6.91. The lowest BCUT2D eigenvalue weighted by Crippen LogP contribution is -2.15. The van der Waals surface area contributed by atoms with Crippen LogP contribution >= 0.6 is 7.60 Å². The fraction of sp³-hybridized carbons (Fsp3) is 0.136. The Morgan fingerprint density at radius 3 is 2.03 bits per heavy atom. The highest BCUT2D eigenvalue weighted by Crippen LogP contribution is 2.48. The van der Waals surface area contributed by atoms with E-state index in [4.69, 9.17) is 4.52 Å². The summed E-state index contributed by atoms with van der Waals surface area (Å²) in [5.41, 5.74) is 2.31. The van der Waals surface area contributed by atoms with Gasteiger partial charge in [-0.2, -0.15) is 0 Å². The Morgan fingerprint density at radius 2 is 1.48 bits per heavy atom. The number of hydrogen-bond acceptors (Lipinski definition) is 4. The van der Waals surface area contributed by atoms with Crippen LogP contribution in [0.3, 0.4) is 0 Å². The van der Waals surface area contributed by atoms with Crippen LogP contribution in [-0.4, -0.2) is 12.2 Å². The molecular weight excluding hydrogens is 397 g/mol. The van der Waals surface area contributed by atoms with Crippen molar-refractivity contribution in [1.29, 1.82) is 0 Å². The minimum atomic E-state index is -4.44. The Balaban J connectivity index is 1.83. The zero-order valence-corrected chi connectivity index (χ0v) is 16.3. The second-order valence-corrected chi connectivity index (χ2v) is 8.21. The SMILES string of the molecule is O=C(c1ccccc1)C(Cc1ccc(OP(=O)(CF)OF)cc1)c1ccccc1. The summed E-state index contributed by atoms with van der Waals surface area (Å²) in [5.74, 6) is -0.403. The lowest BCUT2D eigenvalue weighted by atomic mass is 9.85. The summed E-state index contributed by atoms with van der Waals surface area (Å²) < 4.78 is 44.4. The second kappa shape index (κ2) is 9.59. The van der Waals surface area contributed by atoms with E-state index in [9.17, 15) is 18.3 Å². The first kappa shape index (κ1) is 20.9. The number of halogens is 2. The van der Waals surface area contributed by atoms with Gasteiger partial charge < -0.3 is 4.52 Å². The summed E-state index contributed by atoms with van der Waals surface area (Å²) in [5, 5.41) is 0. The number of Topliss-reactive ketones (excluding diaryl/α,β-unsaturated/α-hetero) is 1. The van der Waals surface area contributed by atoms with Gasteiger partial charge in [-0.05, 0) is 34.2 Å². The van der Waals surface area contributed by atoms with Crippen molar-refractivity contribution < 1.29 is 27.5 Å². The molecule has 0 bridgehead atoms. The average Bonchev–Trinajstić information content (AvgIpc) is 2.79. The van der Waals surface area contributed by atoms with Gasteiger partial charge in [0.2, 0.25) is 6.42 Å². The number of hydrogen-bond donors (Lipinski definition) is 0. The molecule has 0 aromatic heterocycles. The van der Waals surface area contributed by atoms with Gasteiger partial charge in [0, 0.05) is 5.56 Å². The van der Waals surface area contributed by atoms with E-state index in [1.165, 1.54) is 12.1 Å². The Morgan fingerprint density at radius 1 is 0.897 bits per heavy atom. The van der Waals surface area contributed by atoms with Crippen LogP contribution in [0.4, 0.5) is 8.92 Å². The molecule has 150 valence electrons. The van der Waals surface area contributed by atoms with E-state index in [0.717, 1.165) is 11.1 Å². The van der Waals surface area contributed by atoms with Crippen molar-refractivity contribution >= 4 is 13.4 Å². The van der Waals surface area contributed by atoms with Crippen LogP contribution < -0.4 is 4.52 Å². The van der Waals surface area contributed by atoms with Gasteiger partial charge in [0.25, 0.3) is 0 Å². The van der Waals surface area contributed by atoms with Gasteiger partial charge in [-0.1, -0.05) is 77.5 Å². The summed E-state index contributed by atoms with van der Waals surface area (Å²) in [6, 6.07) is 24.7. The molecule has 0 amide bonds. The maximum atomic E-state index is 13.1.